The van der Waals surface area contributed by atoms with Crippen LogP contribution in [0.25, 0.3) is 0 Å². The fourth-order valence-electron chi connectivity index (χ4n) is 4.35. The third-order valence-corrected chi connectivity index (χ3v) is 6.05. The average molecular weight is 374 g/mol. The summed E-state index contributed by atoms with van der Waals surface area (Å²) in [7, 11) is 1.65. The van der Waals surface area contributed by atoms with E-state index in [0.29, 0.717) is 12.3 Å². The fraction of sp³-hybridized carbons (Fsp3) is 0.667. The molecule has 0 aromatic heterocycles. The van der Waals surface area contributed by atoms with Gasteiger partial charge in [0.15, 0.2) is 0 Å². The number of carbonyl (C=O) groups is 1. The van der Waals surface area contributed by atoms with Gasteiger partial charge in [-0.05, 0) is 36.5 Å². The Balaban J connectivity index is 1.21. The number of amides is 1. The van der Waals surface area contributed by atoms with Gasteiger partial charge in [-0.25, -0.2) is 0 Å². The van der Waals surface area contributed by atoms with E-state index in [2.05, 4.69) is 4.90 Å². The summed E-state index contributed by atoms with van der Waals surface area (Å²) in [5.41, 5.74) is 0.904. The zero-order chi connectivity index (χ0) is 18.7. The van der Waals surface area contributed by atoms with Gasteiger partial charge in [0.2, 0.25) is 5.91 Å². The molecule has 1 spiro atoms. The van der Waals surface area contributed by atoms with Gasteiger partial charge in [-0.1, -0.05) is 12.1 Å². The SMILES string of the molecule is COc1cccc(CC(=O)N2CC3(CC[C@H](CN4CCOCC4)CO3)C2)c1. The molecule has 1 amide bonds. The van der Waals surface area contributed by atoms with Gasteiger partial charge in [0.1, 0.15) is 11.4 Å². The summed E-state index contributed by atoms with van der Waals surface area (Å²) in [4.78, 5) is 17.0. The second kappa shape index (κ2) is 8.17. The number of carbonyl (C=O) groups excluding carboxylic acids is 1. The Kier molecular flexibility index (Phi) is 5.66. The van der Waals surface area contributed by atoms with Crippen molar-refractivity contribution in [3.05, 3.63) is 29.8 Å². The lowest BCUT2D eigenvalue weighted by molar-refractivity contribution is -0.189. The molecule has 148 valence electrons. The van der Waals surface area contributed by atoms with Gasteiger partial charge in [-0.2, -0.15) is 0 Å². The van der Waals surface area contributed by atoms with E-state index in [1.54, 1.807) is 7.11 Å². The molecule has 3 fully saturated rings. The van der Waals surface area contributed by atoms with Crippen molar-refractivity contribution in [3.63, 3.8) is 0 Å². The van der Waals surface area contributed by atoms with Gasteiger partial charge < -0.3 is 19.1 Å². The summed E-state index contributed by atoms with van der Waals surface area (Å²) in [6, 6.07) is 7.73. The third kappa shape index (κ3) is 4.45. The first-order valence-electron chi connectivity index (χ1n) is 10.0. The van der Waals surface area contributed by atoms with Crippen LogP contribution in [0.3, 0.4) is 0 Å². The molecule has 6 heteroatoms. The van der Waals surface area contributed by atoms with Crippen LogP contribution < -0.4 is 4.74 Å². The molecule has 1 aromatic rings. The van der Waals surface area contributed by atoms with Crippen molar-refractivity contribution in [2.75, 3.05) is 59.7 Å². The molecule has 1 atom stereocenters. The van der Waals surface area contributed by atoms with E-state index < -0.39 is 0 Å². The Morgan fingerprint density at radius 1 is 1.30 bits per heavy atom. The standard InChI is InChI=1S/C21H30N2O4/c1-25-19-4-2-3-17(11-19)12-20(24)23-15-21(16-23)6-5-18(14-27-21)13-22-7-9-26-10-8-22/h2-4,11,18H,5-10,12-16H2,1H3/t18-/m1/s1. The van der Waals surface area contributed by atoms with E-state index in [-0.39, 0.29) is 11.5 Å². The molecule has 0 saturated carbocycles. The molecule has 3 aliphatic heterocycles. The van der Waals surface area contributed by atoms with Crippen molar-refractivity contribution < 1.29 is 19.0 Å². The lowest BCUT2D eigenvalue weighted by Gasteiger charge is -2.53. The summed E-state index contributed by atoms with van der Waals surface area (Å²) in [5.74, 6) is 1.57. The quantitative estimate of drug-likeness (QED) is 0.783. The Bertz CT molecular complexity index is 643. The van der Waals surface area contributed by atoms with E-state index in [0.717, 1.165) is 70.3 Å². The molecule has 0 aliphatic carbocycles. The second-order valence-electron chi connectivity index (χ2n) is 8.09. The van der Waals surface area contributed by atoms with Gasteiger partial charge in [0.25, 0.3) is 0 Å². The molecule has 0 N–H and O–H groups in total. The highest BCUT2D eigenvalue weighted by Crippen LogP contribution is 2.36. The maximum atomic E-state index is 12.6. The highest BCUT2D eigenvalue weighted by atomic mass is 16.5. The summed E-state index contributed by atoms with van der Waals surface area (Å²) < 4.78 is 16.9. The molecule has 3 heterocycles. The first-order chi connectivity index (χ1) is 13.2. The number of hydrogen-bond donors (Lipinski definition) is 0. The highest BCUT2D eigenvalue weighted by Gasteiger charge is 2.48. The zero-order valence-corrected chi connectivity index (χ0v) is 16.2. The van der Waals surface area contributed by atoms with Crippen LogP contribution in [0, 0.1) is 5.92 Å². The van der Waals surface area contributed by atoms with Crippen LogP contribution in [0.4, 0.5) is 0 Å². The molecular formula is C21H30N2O4. The number of rotatable bonds is 5. The number of benzene rings is 1. The van der Waals surface area contributed by atoms with Crippen molar-refractivity contribution in [2.24, 2.45) is 5.92 Å². The molecular weight excluding hydrogens is 344 g/mol. The number of likely N-dealkylation sites (tertiary alicyclic amines) is 1. The van der Waals surface area contributed by atoms with Gasteiger partial charge in [-0.15, -0.1) is 0 Å². The van der Waals surface area contributed by atoms with E-state index in [9.17, 15) is 4.79 Å². The molecule has 1 aromatic carbocycles. The minimum absolute atomic E-state index is 0.0917. The summed E-state index contributed by atoms with van der Waals surface area (Å²) >= 11 is 0. The first-order valence-corrected chi connectivity index (χ1v) is 10.0. The summed E-state index contributed by atoms with van der Waals surface area (Å²) in [6.45, 7) is 7.17. The van der Waals surface area contributed by atoms with Crippen molar-refractivity contribution in [3.8, 4) is 5.75 Å². The van der Waals surface area contributed by atoms with Crippen LogP contribution in [-0.2, 0) is 20.7 Å². The normalized spacial score (nSPS) is 25.2. The number of methoxy groups -OCH3 is 1. The lowest BCUT2D eigenvalue weighted by Crippen LogP contribution is -2.66. The van der Waals surface area contributed by atoms with Crippen molar-refractivity contribution in [2.45, 2.75) is 24.9 Å². The molecule has 4 rings (SSSR count). The molecule has 27 heavy (non-hydrogen) atoms. The van der Waals surface area contributed by atoms with Gasteiger partial charge in [0, 0.05) is 19.6 Å². The summed E-state index contributed by atoms with van der Waals surface area (Å²) in [6.07, 6.45) is 2.67. The molecule has 3 aliphatic rings. The predicted octanol–water partition coefficient (Wildman–Crippen LogP) is 1.58. The van der Waals surface area contributed by atoms with E-state index in [1.807, 2.05) is 29.2 Å². The summed E-state index contributed by atoms with van der Waals surface area (Å²) in [5, 5.41) is 0. The van der Waals surface area contributed by atoms with Crippen LogP contribution in [0.1, 0.15) is 18.4 Å². The Morgan fingerprint density at radius 2 is 2.11 bits per heavy atom. The molecule has 0 radical (unpaired) electrons. The maximum absolute atomic E-state index is 12.6. The van der Waals surface area contributed by atoms with Crippen molar-refractivity contribution in [1.82, 2.24) is 9.80 Å². The average Bonchev–Trinajstić information content (AvgIpc) is 2.68. The van der Waals surface area contributed by atoms with Crippen molar-refractivity contribution in [1.29, 1.82) is 0 Å². The van der Waals surface area contributed by atoms with Crippen LogP contribution in [0.5, 0.6) is 5.75 Å². The van der Waals surface area contributed by atoms with E-state index in [4.69, 9.17) is 14.2 Å². The van der Waals surface area contributed by atoms with Gasteiger partial charge in [0.05, 0.1) is 46.4 Å². The van der Waals surface area contributed by atoms with E-state index in [1.165, 1.54) is 6.42 Å². The van der Waals surface area contributed by atoms with Crippen LogP contribution in [0.2, 0.25) is 0 Å². The lowest BCUT2D eigenvalue weighted by atomic mass is 9.82. The number of ether oxygens (including phenoxy) is 3. The van der Waals surface area contributed by atoms with Crippen LogP contribution >= 0.6 is 0 Å². The van der Waals surface area contributed by atoms with E-state index >= 15 is 0 Å². The number of morpholine rings is 1. The first kappa shape index (κ1) is 18.7. The third-order valence-electron chi connectivity index (χ3n) is 6.05. The Labute approximate surface area is 161 Å². The second-order valence-corrected chi connectivity index (χ2v) is 8.09. The number of hydrogen-bond acceptors (Lipinski definition) is 5. The molecule has 3 saturated heterocycles. The maximum Gasteiger partial charge on any atom is 0.227 e. The largest absolute Gasteiger partial charge is 0.497 e. The van der Waals surface area contributed by atoms with Crippen molar-refractivity contribution >= 4 is 5.91 Å². The highest BCUT2D eigenvalue weighted by molar-refractivity contribution is 5.80. The van der Waals surface area contributed by atoms with Crippen LogP contribution in [0.15, 0.2) is 24.3 Å². The Hall–Kier alpha value is -1.63. The fourth-order valence-corrected chi connectivity index (χ4v) is 4.35. The molecule has 0 unspecified atom stereocenters. The Morgan fingerprint density at radius 3 is 2.81 bits per heavy atom. The predicted molar refractivity (Wildman–Crippen MR) is 102 cm³/mol. The monoisotopic (exact) mass is 374 g/mol. The minimum atomic E-state index is -0.0917. The topological polar surface area (TPSA) is 51.2 Å². The molecule has 0 bridgehead atoms. The smallest absolute Gasteiger partial charge is 0.227 e. The molecule has 6 nitrogen and oxygen atoms in total. The minimum Gasteiger partial charge on any atom is -0.497 e. The zero-order valence-electron chi connectivity index (χ0n) is 16.2. The van der Waals surface area contributed by atoms with Crippen LogP contribution in [-0.4, -0.2) is 81.0 Å². The van der Waals surface area contributed by atoms with Gasteiger partial charge >= 0.3 is 0 Å². The van der Waals surface area contributed by atoms with Gasteiger partial charge in [-0.3, -0.25) is 9.69 Å². The number of nitrogens with zero attached hydrogens (tertiary/aromatic N) is 2.